The highest BCUT2D eigenvalue weighted by molar-refractivity contribution is 7.92. The molecule has 0 spiro atoms. The fraction of sp³-hybridized carbons (Fsp3) is 0.0500. The Labute approximate surface area is 167 Å². The van der Waals surface area contributed by atoms with Crippen LogP contribution in [0.4, 0.5) is 15.8 Å². The van der Waals surface area contributed by atoms with Gasteiger partial charge in [0.2, 0.25) is 0 Å². The molecule has 28 heavy (non-hydrogen) atoms. The van der Waals surface area contributed by atoms with Gasteiger partial charge in [0.1, 0.15) is 5.82 Å². The minimum absolute atomic E-state index is 0.00997. The summed E-state index contributed by atoms with van der Waals surface area (Å²) in [7, 11) is -3.84. The fourth-order valence-corrected chi connectivity index (χ4v) is 3.78. The number of amides is 1. The lowest BCUT2D eigenvalue weighted by Crippen LogP contribution is -2.15. The molecule has 0 saturated heterocycles. The minimum Gasteiger partial charge on any atom is -0.322 e. The van der Waals surface area contributed by atoms with Gasteiger partial charge in [-0.25, -0.2) is 12.8 Å². The average molecular weight is 419 g/mol. The largest absolute Gasteiger partial charge is 0.322 e. The Morgan fingerprint density at radius 3 is 2.32 bits per heavy atom. The third-order valence-electron chi connectivity index (χ3n) is 4.05. The van der Waals surface area contributed by atoms with Crippen molar-refractivity contribution in [3.8, 4) is 0 Å². The van der Waals surface area contributed by atoms with Crippen LogP contribution in [-0.2, 0) is 10.0 Å². The highest BCUT2D eigenvalue weighted by Crippen LogP contribution is 2.26. The molecule has 0 unspecified atom stereocenters. The summed E-state index contributed by atoms with van der Waals surface area (Å²) < 4.78 is 41.3. The molecule has 8 heteroatoms. The third-order valence-corrected chi connectivity index (χ3v) is 5.84. The molecule has 0 radical (unpaired) electrons. The number of anilines is 2. The Kier molecular flexibility index (Phi) is 5.67. The maximum atomic E-state index is 13.7. The lowest BCUT2D eigenvalue weighted by Gasteiger charge is -2.12. The van der Waals surface area contributed by atoms with Crippen molar-refractivity contribution in [2.75, 3.05) is 10.0 Å². The molecule has 0 bridgehead atoms. The van der Waals surface area contributed by atoms with Crippen LogP contribution in [0.3, 0.4) is 0 Å². The Hall–Kier alpha value is -2.90. The Balaban J connectivity index is 1.77. The van der Waals surface area contributed by atoms with E-state index < -0.39 is 21.7 Å². The first-order valence-corrected chi connectivity index (χ1v) is 10.1. The van der Waals surface area contributed by atoms with Gasteiger partial charge in [0.15, 0.2) is 0 Å². The van der Waals surface area contributed by atoms with Crippen molar-refractivity contribution in [1.82, 2.24) is 0 Å². The molecule has 3 rings (SSSR count). The second kappa shape index (κ2) is 8.00. The van der Waals surface area contributed by atoms with Gasteiger partial charge in [-0.15, -0.1) is 0 Å². The third kappa shape index (κ3) is 4.32. The summed E-state index contributed by atoms with van der Waals surface area (Å²) in [5.74, 6) is -1.26. The van der Waals surface area contributed by atoms with E-state index in [4.69, 9.17) is 11.6 Å². The molecule has 0 fully saturated rings. The van der Waals surface area contributed by atoms with Gasteiger partial charge >= 0.3 is 0 Å². The van der Waals surface area contributed by atoms with Gasteiger partial charge in [0.25, 0.3) is 15.9 Å². The molecule has 3 aromatic carbocycles. The minimum atomic E-state index is -3.84. The summed E-state index contributed by atoms with van der Waals surface area (Å²) in [5.41, 5.74) is 1.23. The second-order valence-electron chi connectivity index (χ2n) is 5.98. The standard InChI is InChI=1S/C20H16ClFN2O3S/c1-13-17(21)6-4-8-19(13)24-28(26,27)15-11-9-14(10-12-15)23-20(25)16-5-2-3-7-18(16)22/h2-12,24H,1H3,(H,23,25). The van der Waals surface area contributed by atoms with Crippen LogP contribution in [0.1, 0.15) is 15.9 Å². The van der Waals surface area contributed by atoms with Gasteiger partial charge in [0.05, 0.1) is 16.1 Å². The number of nitrogens with one attached hydrogen (secondary N) is 2. The van der Waals surface area contributed by atoms with Crippen molar-refractivity contribution in [2.24, 2.45) is 0 Å². The molecule has 0 aliphatic heterocycles. The summed E-state index contributed by atoms with van der Waals surface area (Å²) in [6, 6.07) is 16.1. The summed E-state index contributed by atoms with van der Waals surface area (Å²) in [6.07, 6.45) is 0. The first-order chi connectivity index (χ1) is 13.3. The Morgan fingerprint density at radius 2 is 1.64 bits per heavy atom. The topological polar surface area (TPSA) is 75.3 Å². The van der Waals surface area contributed by atoms with Gasteiger partial charge in [-0.3, -0.25) is 9.52 Å². The van der Waals surface area contributed by atoms with Crippen molar-refractivity contribution in [3.05, 3.63) is 88.7 Å². The Morgan fingerprint density at radius 1 is 0.964 bits per heavy atom. The number of benzene rings is 3. The van der Waals surface area contributed by atoms with E-state index in [-0.39, 0.29) is 10.5 Å². The molecule has 0 aromatic heterocycles. The van der Waals surface area contributed by atoms with Gasteiger partial charge in [-0.1, -0.05) is 29.8 Å². The monoisotopic (exact) mass is 418 g/mol. The van der Waals surface area contributed by atoms with E-state index in [2.05, 4.69) is 10.0 Å². The van der Waals surface area contributed by atoms with Gasteiger partial charge in [0, 0.05) is 10.7 Å². The normalized spacial score (nSPS) is 11.1. The van der Waals surface area contributed by atoms with E-state index in [0.29, 0.717) is 22.0 Å². The predicted octanol–water partition coefficient (Wildman–Crippen LogP) is 4.84. The van der Waals surface area contributed by atoms with E-state index >= 15 is 0 Å². The number of carbonyl (C=O) groups is 1. The second-order valence-corrected chi connectivity index (χ2v) is 8.07. The molecule has 1 amide bonds. The summed E-state index contributed by atoms with van der Waals surface area (Å²) in [6.45, 7) is 1.71. The zero-order valence-corrected chi connectivity index (χ0v) is 16.3. The SMILES string of the molecule is Cc1c(Cl)cccc1NS(=O)(=O)c1ccc(NC(=O)c2ccccc2F)cc1. The number of hydrogen-bond acceptors (Lipinski definition) is 3. The first-order valence-electron chi connectivity index (χ1n) is 8.22. The molecule has 0 aliphatic rings. The summed E-state index contributed by atoms with van der Waals surface area (Å²) in [4.78, 5) is 12.1. The number of hydrogen-bond donors (Lipinski definition) is 2. The molecule has 5 nitrogen and oxygen atoms in total. The van der Waals surface area contributed by atoms with Crippen LogP contribution in [-0.4, -0.2) is 14.3 Å². The van der Waals surface area contributed by atoms with Crippen LogP contribution in [0.15, 0.2) is 71.6 Å². The molecular formula is C20H16ClFN2O3S. The maximum Gasteiger partial charge on any atom is 0.261 e. The molecule has 0 heterocycles. The molecule has 144 valence electrons. The van der Waals surface area contributed by atoms with E-state index in [0.717, 1.165) is 0 Å². The van der Waals surface area contributed by atoms with E-state index in [1.165, 1.54) is 42.5 Å². The predicted molar refractivity (Wildman–Crippen MR) is 108 cm³/mol. The van der Waals surface area contributed by atoms with Crippen LogP contribution in [0, 0.1) is 12.7 Å². The van der Waals surface area contributed by atoms with Crippen molar-refractivity contribution < 1.29 is 17.6 Å². The van der Waals surface area contributed by atoms with Crippen molar-refractivity contribution >= 4 is 38.9 Å². The zero-order valence-electron chi connectivity index (χ0n) is 14.7. The number of halogens is 2. The van der Waals surface area contributed by atoms with Gasteiger partial charge < -0.3 is 5.32 Å². The number of sulfonamides is 1. The van der Waals surface area contributed by atoms with E-state index in [1.54, 1.807) is 31.2 Å². The molecule has 0 atom stereocenters. The van der Waals surface area contributed by atoms with Crippen molar-refractivity contribution in [3.63, 3.8) is 0 Å². The Bertz CT molecular complexity index is 1130. The smallest absolute Gasteiger partial charge is 0.261 e. The molecule has 3 aromatic rings. The molecule has 0 saturated carbocycles. The maximum absolute atomic E-state index is 13.7. The van der Waals surface area contributed by atoms with Crippen LogP contribution < -0.4 is 10.0 Å². The van der Waals surface area contributed by atoms with E-state index in [9.17, 15) is 17.6 Å². The molecular weight excluding hydrogens is 403 g/mol. The lowest BCUT2D eigenvalue weighted by molar-refractivity contribution is 0.102. The van der Waals surface area contributed by atoms with Gasteiger partial charge in [-0.2, -0.15) is 0 Å². The van der Waals surface area contributed by atoms with Crippen LogP contribution in [0.5, 0.6) is 0 Å². The quantitative estimate of drug-likeness (QED) is 0.622. The van der Waals surface area contributed by atoms with Crippen LogP contribution in [0.25, 0.3) is 0 Å². The highest BCUT2D eigenvalue weighted by atomic mass is 35.5. The number of carbonyl (C=O) groups excluding carboxylic acids is 1. The fourth-order valence-electron chi connectivity index (χ4n) is 2.48. The molecule has 0 aliphatic carbocycles. The summed E-state index contributed by atoms with van der Waals surface area (Å²) >= 11 is 6.02. The summed E-state index contributed by atoms with van der Waals surface area (Å²) in [5, 5.41) is 2.98. The molecule has 2 N–H and O–H groups in total. The zero-order chi connectivity index (χ0) is 20.3. The van der Waals surface area contributed by atoms with Crippen LogP contribution in [0.2, 0.25) is 5.02 Å². The first kappa shape index (κ1) is 19.9. The lowest BCUT2D eigenvalue weighted by atomic mass is 10.2. The number of rotatable bonds is 5. The van der Waals surface area contributed by atoms with E-state index in [1.807, 2.05) is 0 Å². The van der Waals surface area contributed by atoms with Gasteiger partial charge in [-0.05, 0) is 61.0 Å². The van der Waals surface area contributed by atoms with Crippen molar-refractivity contribution in [1.29, 1.82) is 0 Å². The average Bonchev–Trinajstić information content (AvgIpc) is 2.66. The highest BCUT2D eigenvalue weighted by Gasteiger charge is 2.17. The van der Waals surface area contributed by atoms with Crippen LogP contribution >= 0.6 is 11.6 Å². The van der Waals surface area contributed by atoms with Crippen molar-refractivity contribution in [2.45, 2.75) is 11.8 Å².